The van der Waals surface area contributed by atoms with E-state index in [0.717, 1.165) is 11.1 Å². The summed E-state index contributed by atoms with van der Waals surface area (Å²) in [5, 5.41) is 0. The summed E-state index contributed by atoms with van der Waals surface area (Å²) >= 11 is 0. The number of methoxy groups -OCH3 is 1. The van der Waals surface area contributed by atoms with Crippen molar-refractivity contribution in [2.24, 2.45) is 5.92 Å². The maximum Gasteiger partial charge on any atom is 0.299 e. The summed E-state index contributed by atoms with van der Waals surface area (Å²) in [6, 6.07) is 11.1. The van der Waals surface area contributed by atoms with Crippen molar-refractivity contribution in [3.63, 3.8) is 0 Å². The highest BCUT2D eigenvalue weighted by Crippen LogP contribution is 2.33. The summed E-state index contributed by atoms with van der Waals surface area (Å²) in [6.07, 6.45) is 0. The van der Waals surface area contributed by atoms with Gasteiger partial charge in [0.1, 0.15) is 0 Å². The van der Waals surface area contributed by atoms with E-state index >= 15 is 0 Å². The molecule has 0 fully saturated rings. The fourth-order valence-electron chi connectivity index (χ4n) is 2.94. The highest BCUT2D eigenvalue weighted by Gasteiger charge is 2.35. The van der Waals surface area contributed by atoms with E-state index in [4.69, 9.17) is 9.47 Å². The van der Waals surface area contributed by atoms with Gasteiger partial charge in [0, 0.05) is 0 Å². The molecule has 0 radical (unpaired) electrons. The maximum atomic E-state index is 12.4. The first kappa shape index (κ1) is 18.0. The fourth-order valence-corrected chi connectivity index (χ4v) is 2.94. The van der Waals surface area contributed by atoms with Gasteiger partial charge in [-0.2, -0.15) is 0 Å². The number of ether oxygens (including phenoxy) is 2. The van der Waals surface area contributed by atoms with E-state index in [9.17, 15) is 9.59 Å². The Bertz CT molecular complexity index is 857. The first-order valence-corrected chi connectivity index (χ1v) is 8.67. The van der Waals surface area contributed by atoms with Crippen LogP contribution in [0.4, 0.5) is 5.69 Å². The number of aryl methyl sites for hydroxylation is 1. The van der Waals surface area contributed by atoms with Crippen molar-refractivity contribution < 1.29 is 19.1 Å². The van der Waals surface area contributed by atoms with E-state index in [1.165, 1.54) is 4.90 Å². The minimum absolute atomic E-state index is 0.307. The van der Waals surface area contributed by atoms with Gasteiger partial charge in [0.15, 0.2) is 11.5 Å². The topological polar surface area (TPSA) is 55.8 Å². The molecule has 3 rings (SSSR count). The molecule has 0 aromatic heterocycles. The summed E-state index contributed by atoms with van der Waals surface area (Å²) in [5.74, 6) is 0.750. The van der Waals surface area contributed by atoms with Crippen LogP contribution in [-0.2, 0) is 11.3 Å². The number of amides is 1. The number of hydrogen-bond acceptors (Lipinski definition) is 4. The molecule has 5 nitrogen and oxygen atoms in total. The van der Waals surface area contributed by atoms with Gasteiger partial charge in [-0.3, -0.25) is 9.59 Å². The van der Waals surface area contributed by atoms with Crippen molar-refractivity contribution in [2.75, 3.05) is 18.6 Å². The zero-order valence-electron chi connectivity index (χ0n) is 15.5. The minimum Gasteiger partial charge on any atom is -0.493 e. The van der Waals surface area contributed by atoms with Gasteiger partial charge < -0.3 is 14.4 Å². The van der Waals surface area contributed by atoms with Crippen molar-refractivity contribution in [2.45, 2.75) is 27.3 Å². The molecule has 1 amide bonds. The molecular formula is C21H23NO4. The second-order valence-electron chi connectivity index (χ2n) is 6.93. The van der Waals surface area contributed by atoms with Crippen LogP contribution in [0.3, 0.4) is 0 Å². The minimum atomic E-state index is -0.496. The number of carbonyl (C=O) groups excluding carboxylic acids is 2. The number of Topliss-reactive ketones (excluding diaryl/α,β-unsaturated/α-hetero) is 1. The summed E-state index contributed by atoms with van der Waals surface area (Å²) in [4.78, 5) is 26.2. The third-order valence-electron chi connectivity index (χ3n) is 4.27. The van der Waals surface area contributed by atoms with Crippen LogP contribution in [0.15, 0.2) is 36.4 Å². The molecule has 136 valence electrons. The smallest absolute Gasteiger partial charge is 0.299 e. The van der Waals surface area contributed by atoms with Gasteiger partial charge in [-0.15, -0.1) is 0 Å². The molecule has 2 aromatic rings. The molecular weight excluding hydrogens is 330 g/mol. The lowest BCUT2D eigenvalue weighted by molar-refractivity contribution is -0.114. The SMILES string of the molecule is COc1cc(CN2C(=O)C(=O)c3cc(C)ccc32)ccc1OCC(C)C. The number of nitrogens with zero attached hydrogens (tertiary/aromatic N) is 1. The number of fused-ring (bicyclic) bond motifs is 1. The van der Waals surface area contributed by atoms with Crippen LogP contribution in [-0.4, -0.2) is 25.4 Å². The molecule has 0 spiro atoms. The van der Waals surface area contributed by atoms with Crippen molar-refractivity contribution in [3.05, 3.63) is 53.1 Å². The number of benzene rings is 2. The third kappa shape index (κ3) is 3.43. The number of hydrogen-bond donors (Lipinski definition) is 0. The Labute approximate surface area is 153 Å². The highest BCUT2D eigenvalue weighted by atomic mass is 16.5. The van der Waals surface area contributed by atoms with E-state index < -0.39 is 11.7 Å². The zero-order valence-corrected chi connectivity index (χ0v) is 15.5. The summed E-state index contributed by atoms with van der Waals surface area (Å²) in [6.45, 7) is 6.97. The Morgan fingerprint density at radius 1 is 1.04 bits per heavy atom. The molecule has 0 N–H and O–H groups in total. The van der Waals surface area contributed by atoms with Gasteiger partial charge in [0.2, 0.25) is 0 Å². The van der Waals surface area contributed by atoms with Crippen LogP contribution in [0.5, 0.6) is 11.5 Å². The van der Waals surface area contributed by atoms with E-state index in [0.29, 0.717) is 41.8 Å². The monoisotopic (exact) mass is 353 g/mol. The maximum absolute atomic E-state index is 12.4. The van der Waals surface area contributed by atoms with Gasteiger partial charge in [-0.25, -0.2) is 0 Å². The van der Waals surface area contributed by atoms with Crippen LogP contribution in [0.2, 0.25) is 0 Å². The number of ketones is 1. The summed E-state index contributed by atoms with van der Waals surface area (Å²) in [7, 11) is 1.59. The number of carbonyl (C=O) groups is 2. The Morgan fingerprint density at radius 2 is 1.81 bits per heavy atom. The summed E-state index contributed by atoms with van der Waals surface area (Å²) in [5.41, 5.74) is 2.96. The van der Waals surface area contributed by atoms with Gasteiger partial charge in [0.25, 0.3) is 11.7 Å². The zero-order chi connectivity index (χ0) is 18.8. The first-order valence-electron chi connectivity index (χ1n) is 8.67. The van der Waals surface area contributed by atoms with Crippen molar-refractivity contribution >= 4 is 17.4 Å². The largest absolute Gasteiger partial charge is 0.493 e. The second-order valence-corrected chi connectivity index (χ2v) is 6.93. The van der Waals surface area contributed by atoms with Crippen LogP contribution < -0.4 is 14.4 Å². The lowest BCUT2D eigenvalue weighted by Gasteiger charge is -2.18. The predicted octanol–water partition coefficient (Wildman–Crippen LogP) is 3.77. The first-order chi connectivity index (χ1) is 12.4. The van der Waals surface area contributed by atoms with E-state index in [2.05, 4.69) is 13.8 Å². The molecule has 1 aliphatic rings. The quantitative estimate of drug-likeness (QED) is 0.742. The normalized spacial score (nSPS) is 13.3. The molecule has 5 heteroatoms. The predicted molar refractivity (Wildman–Crippen MR) is 100 cm³/mol. The van der Waals surface area contributed by atoms with Crippen molar-refractivity contribution in [1.82, 2.24) is 0 Å². The molecule has 0 aliphatic carbocycles. The van der Waals surface area contributed by atoms with Gasteiger partial charge >= 0.3 is 0 Å². The Morgan fingerprint density at radius 3 is 2.50 bits per heavy atom. The average Bonchev–Trinajstić information content (AvgIpc) is 2.85. The molecule has 0 atom stereocenters. The molecule has 0 unspecified atom stereocenters. The van der Waals surface area contributed by atoms with Crippen LogP contribution in [0.25, 0.3) is 0 Å². The molecule has 1 heterocycles. The van der Waals surface area contributed by atoms with Crippen LogP contribution >= 0.6 is 0 Å². The molecule has 0 saturated heterocycles. The summed E-state index contributed by atoms with van der Waals surface area (Å²) < 4.78 is 11.2. The van der Waals surface area contributed by atoms with Crippen molar-refractivity contribution in [1.29, 1.82) is 0 Å². The van der Waals surface area contributed by atoms with Crippen molar-refractivity contribution in [3.8, 4) is 11.5 Å². The molecule has 2 aromatic carbocycles. The molecule has 1 aliphatic heterocycles. The molecule has 26 heavy (non-hydrogen) atoms. The lowest BCUT2D eigenvalue weighted by Crippen LogP contribution is -2.29. The van der Waals surface area contributed by atoms with Gasteiger partial charge in [-0.1, -0.05) is 31.5 Å². The van der Waals surface area contributed by atoms with E-state index in [-0.39, 0.29) is 0 Å². The Hall–Kier alpha value is -2.82. The molecule has 0 bridgehead atoms. The van der Waals surface area contributed by atoms with E-state index in [1.54, 1.807) is 13.2 Å². The third-order valence-corrected chi connectivity index (χ3v) is 4.27. The number of anilines is 1. The number of rotatable bonds is 6. The molecule has 0 saturated carbocycles. The average molecular weight is 353 g/mol. The Balaban J connectivity index is 1.85. The van der Waals surface area contributed by atoms with Gasteiger partial charge in [0.05, 0.1) is 31.5 Å². The highest BCUT2D eigenvalue weighted by molar-refractivity contribution is 6.52. The standard InChI is InChI=1S/C21H23NO4/c1-13(2)12-26-18-8-6-15(10-19(18)25-4)11-22-17-7-5-14(3)9-16(17)20(23)21(22)24/h5-10,13H,11-12H2,1-4H3. The van der Waals surface area contributed by atoms with Gasteiger partial charge in [-0.05, 0) is 42.7 Å². The second kappa shape index (κ2) is 7.20. The van der Waals surface area contributed by atoms with Crippen LogP contribution in [0.1, 0.15) is 35.3 Å². The van der Waals surface area contributed by atoms with Crippen LogP contribution in [0, 0.1) is 12.8 Å². The van der Waals surface area contributed by atoms with E-state index in [1.807, 2.05) is 37.3 Å². The Kier molecular flexibility index (Phi) is 4.98. The fraction of sp³-hybridized carbons (Fsp3) is 0.333. The lowest BCUT2D eigenvalue weighted by atomic mass is 10.1.